The molecule has 3 rings (SSSR count). The smallest absolute Gasteiger partial charge is 0.254 e. The minimum Gasteiger partial charge on any atom is -0.353 e. The summed E-state index contributed by atoms with van der Waals surface area (Å²) in [6.45, 7) is 5.35. The number of carbonyl (C=O) groups is 1. The van der Waals surface area contributed by atoms with E-state index in [4.69, 9.17) is 0 Å². The number of halogens is 2. The minimum absolute atomic E-state index is 0. The first-order chi connectivity index (χ1) is 10.2. The number of amides is 1. The van der Waals surface area contributed by atoms with E-state index in [1.807, 2.05) is 17.9 Å². The van der Waals surface area contributed by atoms with Crippen molar-refractivity contribution in [3.63, 3.8) is 0 Å². The van der Waals surface area contributed by atoms with Crippen LogP contribution in [0.1, 0.15) is 5.69 Å². The average molecular weight is 362 g/mol. The normalized spacial score (nSPS) is 14.3. The standard InChI is InChI=1S/C13H19N7O.2ClH/c1-10-7-11(20-13(17-10)15-9-16-20)18-3-5-19(6-4-18)12(21)8-14-2;;/h7,9,14H,3-6,8H2,1-2H3;2*1H. The monoisotopic (exact) mass is 361 g/mol. The van der Waals surface area contributed by atoms with Crippen molar-refractivity contribution in [2.45, 2.75) is 6.92 Å². The van der Waals surface area contributed by atoms with Gasteiger partial charge in [-0.25, -0.2) is 4.98 Å². The summed E-state index contributed by atoms with van der Waals surface area (Å²) < 4.78 is 1.75. The van der Waals surface area contributed by atoms with Gasteiger partial charge in [-0.1, -0.05) is 0 Å². The van der Waals surface area contributed by atoms with E-state index in [1.165, 1.54) is 6.33 Å². The van der Waals surface area contributed by atoms with Crippen molar-refractivity contribution in [2.75, 3.05) is 44.7 Å². The topological polar surface area (TPSA) is 78.7 Å². The van der Waals surface area contributed by atoms with Gasteiger partial charge >= 0.3 is 0 Å². The molecule has 0 saturated carbocycles. The van der Waals surface area contributed by atoms with Crippen molar-refractivity contribution in [2.24, 2.45) is 0 Å². The molecule has 1 aliphatic rings. The molecule has 0 aliphatic carbocycles. The zero-order valence-corrected chi connectivity index (χ0v) is 14.7. The second-order valence-electron chi connectivity index (χ2n) is 5.13. The van der Waals surface area contributed by atoms with E-state index in [1.54, 1.807) is 11.6 Å². The molecule has 0 atom stereocenters. The van der Waals surface area contributed by atoms with Crippen molar-refractivity contribution >= 4 is 42.3 Å². The van der Waals surface area contributed by atoms with Crippen LogP contribution in [0.5, 0.6) is 0 Å². The molecule has 1 aliphatic heterocycles. The maximum Gasteiger partial charge on any atom is 0.254 e. The summed E-state index contributed by atoms with van der Waals surface area (Å²) in [6, 6.07) is 2.01. The number of aryl methyl sites for hydroxylation is 1. The molecular weight excluding hydrogens is 341 g/mol. The second-order valence-corrected chi connectivity index (χ2v) is 5.13. The molecule has 0 bridgehead atoms. The predicted octanol–water partition coefficient (Wildman–Crippen LogP) is 0.144. The maximum atomic E-state index is 11.9. The highest BCUT2D eigenvalue weighted by Crippen LogP contribution is 2.17. The Kier molecular flexibility index (Phi) is 6.99. The van der Waals surface area contributed by atoms with Crippen molar-refractivity contribution in [1.29, 1.82) is 0 Å². The summed E-state index contributed by atoms with van der Waals surface area (Å²) in [4.78, 5) is 24.5. The molecule has 3 heterocycles. The van der Waals surface area contributed by atoms with Crippen LogP contribution in [0.15, 0.2) is 12.4 Å². The summed E-state index contributed by atoms with van der Waals surface area (Å²) in [5, 5.41) is 7.13. The third kappa shape index (κ3) is 4.01. The Balaban J connectivity index is 0.00000132. The van der Waals surface area contributed by atoms with Gasteiger partial charge in [-0.15, -0.1) is 24.8 Å². The number of nitrogens with one attached hydrogen (secondary N) is 1. The molecule has 0 radical (unpaired) electrons. The van der Waals surface area contributed by atoms with Gasteiger partial charge in [-0.05, 0) is 14.0 Å². The van der Waals surface area contributed by atoms with Crippen LogP contribution in [-0.4, -0.2) is 70.2 Å². The van der Waals surface area contributed by atoms with Gasteiger partial charge in [0.15, 0.2) is 0 Å². The Morgan fingerprint density at radius 1 is 1.26 bits per heavy atom. The zero-order valence-electron chi connectivity index (χ0n) is 13.1. The molecule has 10 heteroatoms. The summed E-state index contributed by atoms with van der Waals surface area (Å²) in [7, 11) is 1.79. The molecule has 23 heavy (non-hydrogen) atoms. The van der Waals surface area contributed by atoms with Gasteiger partial charge in [0.2, 0.25) is 5.91 Å². The van der Waals surface area contributed by atoms with Crippen molar-refractivity contribution in [1.82, 2.24) is 29.8 Å². The lowest BCUT2D eigenvalue weighted by molar-refractivity contribution is -0.130. The number of anilines is 1. The third-order valence-electron chi connectivity index (χ3n) is 3.65. The van der Waals surface area contributed by atoms with Crippen LogP contribution < -0.4 is 10.2 Å². The van der Waals surface area contributed by atoms with Crippen LogP contribution in [0.25, 0.3) is 5.78 Å². The molecule has 0 spiro atoms. The highest BCUT2D eigenvalue weighted by atomic mass is 35.5. The SMILES string of the molecule is CNCC(=O)N1CCN(c2cc(C)nc3ncnn23)CC1.Cl.Cl. The molecule has 0 aromatic carbocycles. The Bertz CT molecular complexity index is 655. The van der Waals surface area contributed by atoms with Gasteiger partial charge in [0, 0.05) is 37.9 Å². The molecule has 1 N–H and O–H groups in total. The Hall–Kier alpha value is -1.64. The lowest BCUT2D eigenvalue weighted by atomic mass is 10.3. The largest absolute Gasteiger partial charge is 0.353 e. The number of likely N-dealkylation sites (N-methyl/N-ethyl adjacent to an activating group) is 1. The Morgan fingerprint density at radius 3 is 2.61 bits per heavy atom. The first-order valence-electron chi connectivity index (χ1n) is 7.04. The highest BCUT2D eigenvalue weighted by Gasteiger charge is 2.22. The van der Waals surface area contributed by atoms with Gasteiger partial charge in [-0.2, -0.15) is 14.6 Å². The van der Waals surface area contributed by atoms with Crippen LogP contribution >= 0.6 is 24.8 Å². The first-order valence-corrected chi connectivity index (χ1v) is 7.04. The molecule has 0 unspecified atom stereocenters. The zero-order chi connectivity index (χ0) is 14.8. The van der Waals surface area contributed by atoms with Gasteiger partial charge in [0.25, 0.3) is 5.78 Å². The molecule has 2 aromatic heterocycles. The molecule has 1 amide bonds. The van der Waals surface area contributed by atoms with Crippen LogP contribution in [0.3, 0.4) is 0 Å². The number of fused-ring (bicyclic) bond motifs is 1. The van der Waals surface area contributed by atoms with Gasteiger partial charge in [0.05, 0.1) is 6.54 Å². The van der Waals surface area contributed by atoms with Gasteiger partial charge in [-0.3, -0.25) is 4.79 Å². The molecule has 128 valence electrons. The van der Waals surface area contributed by atoms with E-state index < -0.39 is 0 Å². The molecule has 2 aromatic rings. The number of hydrogen-bond donors (Lipinski definition) is 1. The fourth-order valence-electron chi connectivity index (χ4n) is 2.58. The van der Waals surface area contributed by atoms with Crippen molar-refractivity contribution in [3.8, 4) is 0 Å². The van der Waals surface area contributed by atoms with Crippen LogP contribution in [0.4, 0.5) is 5.82 Å². The summed E-state index contributed by atoms with van der Waals surface area (Å²) in [5.41, 5.74) is 0.916. The van der Waals surface area contributed by atoms with E-state index in [0.717, 1.165) is 37.7 Å². The number of rotatable bonds is 3. The van der Waals surface area contributed by atoms with E-state index in [2.05, 4.69) is 25.3 Å². The fourth-order valence-corrected chi connectivity index (χ4v) is 2.58. The maximum absolute atomic E-state index is 11.9. The Labute approximate surface area is 147 Å². The number of hydrogen-bond acceptors (Lipinski definition) is 6. The van der Waals surface area contributed by atoms with Gasteiger partial charge < -0.3 is 15.1 Å². The van der Waals surface area contributed by atoms with E-state index >= 15 is 0 Å². The molecule has 1 saturated heterocycles. The van der Waals surface area contributed by atoms with Crippen molar-refractivity contribution in [3.05, 3.63) is 18.1 Å². The number of aromatic nitrogens is 4. The number of nitrogens with zero attached hydrogens (tertiary/aromatic N) is 6. The van der Waals surface area contributed by atoms with Crippen LogP contribution in [0.2, 0.25) is 0 Å². The quantitative estimate of drug-likeness (QED) is 0.837. The minimum atomic E-state index is 0. The molecular formula is C13H21Cl2N7O. The third-order valence-corrected chi connectivity index (χ3v) is 3.65. The summed E-state index contributed by atoms with van der Waals surface area (Å²) >= 11 is 0. The van der Waals surface area contributed by atoms with Crippen LogP contribution in [0, 0.1) is 6.92 Å². The molecule has 1 fully saturated rings. The number of piperazine rings is 1. The Morgan fingerprint density at radius 2 is 1.96 bits per heavy atom. The lowest BCUT2D eigenvalue weighted by Crippen LogP contribution is -2.51. The summed E-state index contributed by atoms with van der Waals surface area (Å²) in [5.74, 6) is 1.74. The lowest BCUT2D eigenvalue weighted by Gasteiger charge is -2.36. The summed E-state index contributed by atoms with van der Waals surface area (Å²) in [6.07, 6.45) is 1.51. The fraction of sp³-hybridized carbons (Fsp3) is 0.538. The van der Waals surface area contributed by atoms with Crippen molar-refractivity contribution < 1.29 is 4.79 Å². The van der Waals surface area contributed by atoms with Crippen LogP contribution in [-0.2, 0) is 4.79 Å². The highest BCUT2D eigenvalue weighted by molar-refractivity contribution is 5.85. The van der Waals surface area contributed by atoms with E-state index in [9.17, 15) is 4.79 Å². The predicted molar refractivity (Wildman–Crippen MR) is 92.7 cm³/mol. The average Bonchev–Trinajstić information content (AvgIpc) is 2.95. The van der Waals surface area contributed by atoms with E-state index in [0.29, 0.717) is 12.3 Å². The second kappa shape index (κ2) is 8.28. The van der Waals surface area contributed by atoms with E-state index in [-0.39, 0.29) is 30.7 Å². The number of carbonyl (C=O) groups excluding carboxylic acids is 1. The van der Waals surface area contributed by atoms with Gasteiger partial charge in [0.1, 0.15) is 12.1 Å². The first kappa shape index (κ1) is 19.4. The molecule has 8 nitrogen and oxygen atoms in total.